The number of carbonyl (C=O) groups excluding carboxylic acids is 2. The third-order valence-electron chi connectivity index (χ3n) is 4.40. The summed E-state index contributed by atoms with van der Waals surface area (Å²) in [7, 11) is 0. The van der Waals surface area contributed by atoms with E-state index in [1.807, 2.05) is 0 Å². The summed E-state index contributed by atoms with van der Waals surface area (Å²) in [6.07, 6.45) is 2.90. The first-order chi connectivity index (χ1) is 14.6. The Morgan fingerprint density at radius 1 is 1.10 bits per heavy atom. The molecule has 3 aromatic rings. The van der Waals surface area contributed by atoms with Crippen LogP contribution in [0.25, 0.3) is 0 Å². The van der Waals surface area contributed by atoms with Gasteiger partial charge in [0.05, 0.1) is 18.4 Å². The minimum absolute atomic E-state index is 0.207. The summed E-state index contributed by atoms with van der Waals surface area (Å²) in [5, 5.41) is 3.02. The standard InChI is InChI=1S/C21H18ClN3O5/c22-19-6-3-14(11-23-19)21(27)25(13-20(26)24-12-16-2-1-7-28-16)15-4-5-17-18(10-15)30-9-8-29-17/h1-7,10-11H,8-9,12-13H2,(H,24,26). The maximum absolute atomic E-state index is 13.2. The summed E-state index contributed by atoms with van der Waals surface area (Å²) >= 11 is 5.83. The smallest absolute Gasteiger partial charge is 0.260 e. The molecule has 2 aromatic heterocycles. The topological polar surface area (TPSA) is 93.9 Å². The lowest BCUT2D eigenvalue weighted by atomic mass is 10.2. The summed E-state index contributed by atoms with van der Waals surface area (Å²) in [4.78, 5) is 31.0. The van der Waals surface area contributed by atoms with Crippen molar-refractivity contribution in [2.75, 3.05) is 24.7 Å². The minimum Gasteiger partial charge on any atom is -0.486 e. The molecule has 1 aliphatic heterocycles. The number of nitrogens with zero attached hydrogens (tertiary/aromatic N) is 2. The lowest BCUT2D eigenvalue weighted by Crippen LogP contribution is -2.40. The molecule has 4 rings (SSSR count). The summed E-state index contributed by atoms with van der Waals surface area (Å²) < 4.78 is 16.4. The highest BCUT2D eigenvalue weighted by molar-refractivity contribution is 6.29. The van der Waals surface area contributed by atoms with Crippen molar-refractivity contribution in [2.45, 2.75) is 6.54 Å². The number of nitrogens with one attached hydrogen (secondary N) is 1. The van der Waals surface area contributed by atoms with Gasteiger partial charge in [-0.25, -0.2) is 4.98 Å². The van der Waals surface area contributed by atoms with E-state index in [1.165, 1.54) is 23.4 Å². The number of hydrogen-bond acceptors (Lipinski definition) is 6. The predicted molar refractivity (Wildman–Crippen MR) is 109 cm³/mol. The van der Waals surface area contributed by atoms with Gasteiger partial charge in [0.15, 0.2) is 11.5 Å². The Kier molecular flexibility index (Phi) is 5.85. The zero-order chi connectivity index (χ0) is 20.9. The van der Waals surface area contributed by atoms with Gasteiger partial charge in [0.25, 0.3) is 5.91 Å². The van der Waals surface area contributed by atoms with Crippen LogP contribution >= 0.6 is 11.6 Å². The Balaban J connectivity index is 1.58. The number of aromatic nitrogens is 1. The molecule has 0 aliphatic carbocycles. The molecule has 0 spiro atoms. The number of rotatable bonds is 6. The number of hydrogen-bond donors (Lipinski definition) is 1. The van der Waals surface area contributed by atoms with Crippen LogP contribution in [0.1, 0.15) is 16.1 Å². The number of pyridine rings is 1. The number of carbonyl (C=O) groups is 2. The monoisotopic (exact) mass is 427 g/mol. The molecule has 0 bridgehead atoms. The lowest BCUT2D eigenvalue weighted by Gasteiger charge is -2.25. The van der Waals surface area contributed by atoms with Crippen molar-refractivity contribution >= 4 is 29.1 Å². The predicted octanol–water partition coefficient (Wildman–Crippen LogP) is 3.06. The number of amides is 2. The normalized spacial score (nSPS) is 12.3. The summed E-state index contributed by atoms with van der Waals surface area (Å²) in [5.41, 5.74) is 0.792. The van der Waals surface area contributed by atoms with Gasteiger partial charge < -0.3 is 19.2 Å². The molecule has 0 radical (unpaired) electrons. The van der Waals surface area contributed by atoms with Crippen LogP contribution in [-0.2, 0) is 11.3 Å². The molecule has 0 saturated heterocycles. The van der Waals surface area contributed by atoms with Crippen LogP contribution in [0.3, 0.4) is 0 Å². The second-order valence-electron chi connectivity index (χ2n) is 6.44. The summed E-state index contributed by atoms with van der Waals surface area (Å²) in [5.74, 6) is 0.970. The van der Waals surface area contributed by atoms with Gasteiger partial charge in [-0.1, -0.05) is 11.6 Å². The molecule has 1 aliphatic rings. The van der Waals surface area contributed by atoms with Crippen LogP contribution in [0, 0.1) is 0 Å². The molecule has 1 aromatic carbocycles. The molecule has 154 valence electrons. The molecule has 30 heavy (non-hydrogen) atoms. The summed E-state index contributed by atoms with van der Waals surface area (Å²) in [6, 6.07) is 11.7. The number of fused-ring (bicyclic) bond motifs is 1. The molecule has 8 nitrogen and oxygen atoms in total. The third kappa shape index (κ3) is 4.55. The van der Waals surface area contributed by atoms with Gasteiger partial charge in [-0.3, -0.25) is 14.5 Å². The van der Waals surface area contributed by atoms with E-state index in [4.69, 9.17) is 25.5 Å². The van der Waals surface area contributed by atoms with Crippen LogP contribution in [0.5, 0.6) is 11.5 Å². The van der Waals surface area contributed by atoms with Crippen molar-refractivity contribution in [1.29, 1.82) is 0 Å². The average molecular weight is 428 g/mol. The zero-order valence-corrected chi connectivity index (χ0v) is 16.6. The van der Waals surface area contributed by atoms with Crippen molar-refractivity contribution in [3.63, 3.8) is 0 Å². The number of furan rings is 1. The average Bonchev–Trinajstić information content (AvgIpc) is 3.29. The number of ether oxygens (including phenoxy) is 2. The first-order valence-electron chi connectivity index (χ1n) is 9.22. The van der Waals surface area contributed by atoms with Crippen molar-refractivity contribution in [2.24, 2.45) is 0 Å². The van der Waals surface area contributed by atoms with Crippen LogP contribution in [-0.4, -0.2) is 36.6 Å². The molecule has 3 heterocycles. The van der Waals surface area contributed by atoms with E-state index >= 15 is 0 Å². The van der Waals surface area contributed by atoms with Gasteiger partial charge in [-0.05, 0) is 36.4 Å². The van der Waals surface area contributed by atoms with Crippen molar-refractivity contribution < 1.29 is 23.5 Å². The SMILES string of the molecule is O=C(CN(C(=O)c1ccc(Cl)nc1)c1ccc2c(c1)OCCO2)NCc1ccco1. The van der Waals surface area contributed by atoms with E-state index in [0.717, 1.165) is 0 Å². The Morgan fingerprint density at radius 2 is 1.93 bits per heavy atom. The van der Waals surface area contributed by atoms with E-state index in [2.05, 4.69) is 10.3 Å². The molecule has 0 atom stereocenters. The maximum Gasteiger partial charge on any atom is 0.260 e. The Labute approximate surface area is 177 Å². The molecule has 0 fully saturated rings. The van der Waals surface area contributed by atoms with Crippen LogP contribution < -0.4 is 19.7 Å². The van der Waals surface area contributed by atoms with Crippen molar-refractivity contribution in [3.05, 3.63) is 71.4 Å². The molecular weight excluding hydrogens is 410 g/mol. The molecule has 2 amide bonds. The highest BCUT2D eigenvalue weighted by atomic mass is 35.5. The molecule has 9 heteroatoms. The Hall–Kier alpha value is -3.52. The lowest BCUT2D eigenvalue weighted by molar-refractivity contribution is -0.119. The van der Waals surface area contributed by atoms with Crippen LogP contribution in [0.15, 0.2) is 59.3 Å². The number of anilines is 1. The van der Waals surface area contributed by atoms with Crippen molar-refractivity contribution in [1.82, 2.24) is 10.3 Å². The molecule has 1 N–H and O–H groups in total. The highest BCUT2D eigenvalue weighted by Gasteiger charge is 2.23. The molecule has 0 saturated carbocycles. The van der Waals surface area contributed by atoms with Gasteiger partial charge in [0, 0.05) is 18.0 Å². The Bertz CT molecular complexity index is 1040. The third-order valence-corrected chi connectivity index (χ3v) is 4.62. The number of halogens is 1. The first-order valence-corrected chi connectivity index (χ1v) is 9.60. The zero-order valence-electron chi connectivity index (χ0n) is 15.8. The maximum atomic E-state index is 13.2. The highest BCUT2D eigenvalue weighted by Crippen LogP contribution is 2.34. The van der Waals surface area contributed by atoms with E-state index in [-0.39, 0.29) is 24.1 Å². The fourth-order valence-electron chi connectivity index (χ4n) is 2.94. The van der Waals surface area contributed by atoms with Gasteiger partial charge in [0.1, 0.15) is 30.7 Å². The van der Waals surface area contributed by atoms with Crippen LogP contribution in [0.2, 0.25) is 5.15 Å². The quantitative estimate of drug-likeness (QED) is 0.607. The number of benzene rings is 1. The van der Waals surface area contributed by atoms with Gasteiger partial charge in [-0.2, -0.15) is 0 Å². The van der Waals surface area contributed by atoms with Crippen LogP contribution in [0.4, 0.5) is 5.69 Å². The minimum atomic E-state index is -0.399. The summed E-state index contributed by atoms with van der Waals surface area (Å²) in [6.45, 7) is 0.884. The second-order valence-corrected chi connectivity index (χ2v) is 6.83. The Morgan fingerprint density at radius 3 is 2.67 bits per heavy atom. The van der Waals surface area contributed by atoms with Gasteiger partial charge in [-0.15, -0.1) is 0 Å². The second kappa shape index (κ2) is 8.87. The van der Waals surface area contributed by atoms with E-state index in [1.54, 1.807) is 36.4 Å². The van der Waals surface area contributed by atoms with E-state index < -0.39 is 5.91 Å². The first kappa shape index (κ1) is 19.8. The largest absolute Gasteiger partial charge is 0.486 e. The van der Waals surface area contributed by atoms with Gasteiger partial charge in [0.2, 0.25) is 5.91 Å². The van der Waals surface area contributed by atoms with E-state index in [0.29, 0.717) is 41.7 Å². The molecular formula is C21H18ClN3O5. The fraction of sp³-hybridized carbons (Fsp3) is 0.190. The van der Waals surface area contributed by atoms with E-state index in [9.17, 15) is 9.59 Å². The van der Waals surface area contributed by atoms with Gasteiger partial charge >= 0.3 is 0 Å². The molecule has 0 unspecified atom stereocenters. The fourth-order valence-corrected chi connectivity index (χ4v) is 3.05. The van der Waals surface area contributed by atoms with Crippen molar-refractivity contribution in [3.8, 4) is 11.5 Å².